The first kappa shape index (κ1) is 21.3. The molecule has 168 valence electrons. The first-order valence-electron chi connectivity index (χ1n) is 10.7. The van der Waals surface area contributed by atoms with Crippen molar-refractivity contribution in [3.05, 3.63) is 86.5 Å². The van der Waals surface area contributed by atoms with Gasteiger partial charge in [0.15, 0.2) is 0 Å². The Morgan fingerprint density at radius 1 is 1.09 bits per heavy atom. The topological polar surface area (TPSA) is 104 Å². The molecule has 2 amide bonds. The van der Waals surface area contributed by atoms with Gasteiger partial charge in [-0.15, -0.1) is 0 Å². The van der Waals surface area contributed by atoms with Crippen LogP contribution in [-0.2, 0) is 11.2 Å². The smallest absolute Gasteiger partial charge is 0.264 e. The minimum absolute atomic E-state index is 0.0244. The molecule has 33 heavy (non-hydrogen) atoms. The molecule has 1 aromatic heterocycles. The van der Waals surface area contributed by atoms with Crippen LogP contribution >= 0.6 is 11.6 Å². The number of hydrogen-bond donors (Lipinski definition) is 3. The number of halogens is 2. The van der Waals surface area contributed by atoms with Crippen molar-refractivity contribution in [1.82, 2.24) is 10.2 Å². The van der Waals surface area contributed by atoms with Crippen LogP contribution < -0.4 is 16.2 Å². The van der Waals surface area contributed by atoms with Crippen LogP contribution in [0, 0.1) is 17.7 Å². The van der Waals surface area contributed by atoms with E-state index in [1.807, 2.05) is 6.07 Å². The maximum atomic E-state index is 14.8. The number of carbonyl (C=O) groups is 2. The van der Waals surface area contributed by atoms with Crippen LogP contribution in [0.3, 0.4) is 0 Å². The quantitative estimate of drug-likeness (QED) is 0.538. The molecule has 0 saturated heterocycles. The lowest BCUT2D eigenvalue weighted by atomic mass is 9.77. The van der Waals surface area contributed by atoms with Gasteiger partial charge in [-0.25, -0.2) is 9.49 Å². The summed E-state index contributed by atoms with van der Waals surface area (Å²) in [6.07, 6.45) is 2.19. The molecular formula is C24H20ClFN4O3. The van der Waals surface area contributed by atoms with Crippen LogP contribution in [0.2, 0.25) is 5.02 Å². The number of fused-ring (bicyclic) bond motifs is 4. The van der Waals surface area contributed by atoms with Gasteiger partial charge in [-0.1, -0.05) is 29.8 Å². The second-order valence-corrected chi connectivity index (χ2v) is 8.85. The molecular weight excluding hydrogens is 447 g/mol. The third kappa shape index (κ3) is 4.02. The second kappa shape index (κ2) is 8.44. The highest BCUT2D eigenvalue weighted by Crippen LogP contribution is 2.49. The minimum atomic E-state index is -0.753. The summed E-state index contributed by atoms with van der Waals surface area (Å²) >= 11 is 6.26. The van der Waals surface area contributed by atoms with E-state index in [9.17, 15) is 18.8 Å². The standard InChI is InChI=1S/C24H20ClFN4O3/c25-17-11-19(18(26)10-16(17)23(32)27-14-4-2-1-3-5-14)28-24(33)21-12-6-7-15(21)22-13(8-12)9-20(31)29-30-22/h1-5,9-12,15,21H,6-8H2,(H,27,32)(H,28,33)(H,29,31)/t12-,15+,21?/m0/s1. The van der Waals surface area contributed by atoms with Gasteiger partial charge in [0.1, 0.15) is 5.82 Å². The maximum absolute atomic E-state index is 14.8. The number of rotatable bonds is 4. The number of anilines is 2. The van der Waals surface area contributed by atoms with E-state index in [0.29, 0.717) is 12.1 Å². The number of hydrogen-bond acceptors (Lipinski definition) is 4. The van der Waals surface area contributed by atoms with Gasteiger partial charge in [-0.05, 0) is 55.0 Å². The van der Waals surface area contributed by atoms with E-state index in [1.54, 1.807) is 30.3 Å². The van der Waals surface area contributed by atoms with Crippen molar-refractivity contribution < 1.29 is 14.0 Å². The summed E-state index contributed by atoms with van der Waals surface area (Å²) in [6.45, 7) is 0. The molecule has 1 fully saturated rings. The monoisotopic (exact) mass is 466 g/mol. The van der Waals surface area contributed by atoms with Crippen LogP contribution in [0.4, 0.5) is 15.8 Å². The molecule has 2 aliphatic carbocycles. The van der Waals surface area contributed by atoms with Crippen molar-refractivity contribution in [1.29, 1.82) is 0 Å². The van der Waals surface area contributed by atoms with Gasteiger partial charge in [-0.2, -0.15) is 5.10 Å². The number of benzene rings is 2. The Bertz CT molecular complexity index is 1310. The molecule has 0 radical (unpaired) electrons. The Morgan fingerprint density at radius 2 is 1.88 bits per heavy atom. The predicted molar refractivity (Wildman–Crippen MR) is 122 cm³/mol. The lowest BCUT2D eigenvalue weighted by molar-refractivity contribution is -0.121. The minimum Gasteiger partial charge on any atom is -0.323 e. The molecule has 9 heteroatoms. The summed E-state index contributed by atoms with van der Waals surface area (Å²) in [5.41, 5.74) is 1.79. The highest BCUT2D eigenvalue weighted by Gasteiger charge is 2.47. The molecule has 1 unspecified atom stereocenters. The summed E-state index contributed by atoms with van der Waals surface area (Å²) in [4.78, 5) is 37.2. The number of carbonyl (C=O) groups excluding carboxylic acids is 2. The lowest BCUT2D eigenvalue weighted by Crippen LogP contribution is -2.35. The van der Waals surface area contributed by atoms with Gasteiger partial charge in [0, 0.05) is 23.6 Å². The first-order chi connectivity index (χ1) is 15.9. The van der Waals surface area contributed by atoms with E-state index in [1.165, 1.54) is 6.07 Å². The normalized spacial score (nSPS) is 20.7. The van der Waals surface area contributed by atoms with E-state index in [4.69, 9.17) is 11.6 Å². The highest BCUT2D eigenvalue weighted by atomic mass is 35.5. The molecule has 2 aromatic carbocycles. The number of nitrogens with zero attached hydrogens (tertiary/aromatic N) is 1. The summed E-state index contributed by atoms with van der Waals surface area (Å²) in [6, 6.07) is 12.6. The molecule has 3 atom stereocenters. The van der Waals surface area contributed by atoms with Crippen molar-refractivity contribution in [2.75, 3.05) is 10.6 Å². The van der Waals surface area contributed by atoms with Crippen molar-refractivity contribution in [3.63, 3.8) is 0 Å². The average molecular weight is 467 g/mol. The third-order valence-corrected chi connectivity index (χ3v) is 6.75. The fourth-order valence-electron chi connectivity index (χ4n) is 4.99. The van der Waals surface area contributed by atoms with Crippen molar-refractivity contribution >= 4 is 34.8 Å². The molecule has 7 nitrogen and oxygen atoms in total. The number of nitrogens with one attached hydrogen (secondary N) is 3. The van der Waals surface area contributed by atoms with Gasteiger partial charge >= 0.3 is 0 Å². The zero-order valence-corrected chi connectivity index (χ0v) is 18.2. The van der Waals surface area contributed by atoms with E-state index < -0.39 is 11.7 Å². The van der Waals surface area contributed by atoms with E-state index in [-0.39, 0.29) is 45.5 Å². The molecule has 0 aliphatic heterocycles. The Hall–Kier alpha value is -3.52. The molecule has 1 saturated carbocycles. The number of para-hydroxylation sites is 1. The number of amides is 2. The maximum Gasteiger partial charge on any atom is 0.264 e. The molecule has 5 rings (SSSR count). The molecule has 2 aliphatic rings. The van der Waals surface area contributed by atoms with Crippen LogP contribution in [0.5, 0.6) is 0 Å². The Balaban J connectivity index is 1.35. The van der Waals surface area contributed by atoms with Gasteiger partial charge in [0.25, 0.3) is 11.5 Å². The molecule has 1 heterocycles. The molecule has 0 spiro atoms. The van der Waals surface area contributed by atoms with Crippen LogP contribution in [0.25, 0.3) is 0 Å². The molecule has 3 aromatic rings. The first-order valence-corrected chi connectivity index (χ1v) is 11.0. The van der Waals surface area contributed by atoms with Gasteiger partial charge in [0.05, 0.1) is 22.0 Å². The number of H-pyrrole nitrogens is 1. The average Bonchev–Trinajstić information content (AvgIpc) is 3.11. The fourth-order valence-corrected chi connectivity index (χ4v) is 5.23. The largest absolute Gasteiger partial charge is 0.323 e. The Morgan fingerprint density at radius 3 is 2.67 bits per heavy atom. The zero-order valence-electron chi connectivity index (χ0n) is 17.4. The Labute approximate surface area is 193 Å². The fraction of sp³-hybridized carbons (Fsp3) is 0.250. The SMILES string of the molecule is O=C(Nc1ccccc1)c1cc(F)c(NC(=O)C2[C@H]3CC[C@H]2c2n[nH]c(=O)cc2C3)cc1Cl. The number of aromatic amines is 1. The van der Waals surface area contributed by atoms with Gasteiger partial charge in [-0.3, -0.25) is 14.4 Å². The summed E-state index contributed by atoms with van der Waals surface area (Å²) in [5.74, 6) is -2.08. The van der Waals surface area contributed by atoms with Crippen LogP contribution in [0.15, 0.2) is 53.3 Å². The van der Waals surface area contributed by atoms with Crippen LogP contribution in [0.1, 0.15) is 40.4 Å². The second-order valence-electron chi connectivity index (χ2n) is 8.44. The van der Waals surface area contributed by atoms with Crippen molar-refractivity contribution in [2.45, 2.75) is 25.2 Å². The summed E-state index contributed by atoms with van der Waals surface area (Å²) < 4.78 is 14.8. The molecule has 2 bridgehead atoms. The lowest BCUT2D eigenvalue weighted by Gasteiger charge is -2.30. The van der Waals surface area contributed by atoms with E-state index >= 15 is 0 Å². The summed E-state index contributed by atoms with van der Waals surface area (Å²) in [5, 5.41) is 12.0. The highest BCUT2D eigenvalue weighted by molar-refractivity contribution is 6.34. The number of aromatic nitrogens is 2. The van der Waals surface area contributed by atoms with Crippen molar-refractivity contribution in [2.24, 2.45) is 11.8 Å². The summed E-state index contributed by atoms with van der Waals surface area (Å²) in [7, 11) is 0. The Kier molecular flexibility index (Phi) is 5.46. The van der Waals surface area contributed by atoms with E-state index in [2.05, 4.69) is 20.8 Å². The predicted octanol–water partition coefficient (Wildman–Crippen LogP) is 4.12. The van der Waals surface area contributed by atoms with Crippen LogP contribution in [-0.4, -0.2) is 22.0 Å². The van der Waals surface area contributed by atoms with Gasteiger partial charge < -0.3 is 10.6 Å². The zero-order chi connectivity index (χ0) is 23.1. The van der Waals surface area contributed by atoms with Crippen molar-refractivity contribution in [3.8, 4) is 0 Å². The molecule has 3 N–H and O–H groups in total. The third-order valence-electron chi connectivity index (χ3n) is 6.44. The van der Waals surface area contributed by atoms with Gasteiger partial charge in [0.2, 0.25) is 5.91 Å². The van der Waals surface area contributed by atoms with E-state index in [0.717, 1.165) is 30.2 Å².